The standard InChI is InChI=1S/C60H36N4O.C56H34N4O/c1-2-19-43(20-3-1)63-52-26-11-7-21-44(52)45-32-31-40(35-54(45)63)39-17-14-18-41(33-39)49-36-50-46-22-9-13-28-55(46)65-59(50)56-48-24-8-12-27-53(48)64(58(49)56)60-61-51-25-10-6-23-47(51)57(62-60)42-30-29-37-15-4-5-16-38(37)34-42;1-3-16-35(17-4-1)53-43-24-7-11-26-47(43)57-56(58-53)60-49-28-13-9-25-44(49)52-54(60)45(34-46-42-23-10-14-29-51(42)61-55(46)52)38-19-15-18-36(32-38)37-30-31-41-40-22-8-12-27-48(40)59(50(41)33-37)39-20-5-2-6-21-39/h1-36H;1-34H. The zero-order valence-electron chi connectivity index (χ0n) is 67.8. The summed E-state index contributed by atoms with van der Waals surface area (Å²) in [6, 6.07) is 151. The van der Waals surface area contributed by atoms with Crippen LogP contribution in [0.4, 0.5) is 0 Å². The zero-order chi connectivity index (χ0) is 82.6. The Labute approximate surface area is 720 Å². The van der Waals surface area contributed by atoms with Crippen LogP contribution in [-0.2, 0) is 0 Å². The molecule has 0 aliphatic rings. The van der Waals surface area contributed by atoms with E-state index in [-0.39, 0.29) is 0 Å². The van der Waals surface area contributed by atoms with Crippen molar-refractivity contribution in [3.8, 4) is 90.3 Å². The molecule has 0 aliphatic heterocycles. The monoisotopic (exact) mass is 1610 g/mol. The van der Waals surface area contributed by atoms with E-state index in [1.807, 2.05) is 24.3 Å². The Morgan fingerprint density at radius 3 is 1.02 bits per heavy atom. The van der Waals surface area contributed by atoms with Crippen molar-refractivity contribution < 1.29 is 8.83 Å². The summed E-state index contributed by atoms with van der Waals surface area (Å²) in [5, 5.41) is 17.8. The molecule has 27 aromatic rings. The Morgan fingerprint density at radius 1 is 0.190 bits per heavy atom. The van der Waals surface area contributed by atoms with Gasteiger partial charge in [0.2, 0.25) is 11.9 Å². The maximum atomic E-state index is 6.87. The highest BCUT2D eigenvalue weighted by molar-refractivity contribution is 6.29. The largest absolute Gasteiger partial charge is 0.455 e. The fraction of sp³-hybridized carbons (Fsp3) is 0. The van der Waals surface area contributed by atoms with Crippen LogP contribution in [0.25, 0.3) is 254 Å². The molecule has 0 amide bonds. The average Bonchev–Trinajstić information content (AvgIpc) is 1.54. The molecule has 0 saturated carbocycles. The van der Waals surface area contributed by atoms with Gasteiger partial charge in [0.05, 0.1) is 77.3 Å². The molecule has 0 spiro atoms. The first-order chi connectivity index (χ1) is 62.5. The number of fused-ring (bicyclic) bond motifs is 23. The van der Waals surface area contributed by atoms with Gasteiger partial charge in [-0.15, -0.1) is 0 Å². The Kier molecular flexibility index (Phi) is 15.9. The minimum Gasteiger partial charge on any atom is -0.455 e. The van der Waals surface area contributed by atoms with Gasteiger partial charge in [-0.2, -0.15) is 0 Å². The molecule has 10 heteroatoms. The lowest BCUT2D eigenvalue weighted by molar-refractivity contribution is 0.672. The van der Waals surface area contributed by atoms with Gasteiger partial charge in [0.15, 0.2) is 0 Å². The number of hydrogen-bond acceptors (Lipinski definition) is 6. The first-order valence-corrected chi connectivity index (χ1v) is 42.7. The number of nitrogens with zero attached hydrogens (tertiary/aromatic N) is 8. The van der Waals surface area contributed by atoms with Crippen LogP contribution in [0.1, 0.15) is 0 Å². The highest BCUT2D eigenvalue weighted by Gasteiger charge is 2.29. The summed E-state index contributed by atoms with van der Waals surface area (Å²) in [7, 11) is 0. The van der Waals surface area contributed by atoms with Crippen molar-refractivity contribution in [2.75, 3.05) is 0 Å². The number of hydrogen-bond donors (Lipinski definition) is 0. The second kappa shape index (κ2) is 28.3. The number of furan rings is 2. The number of para-hydroxylation sites is 10. The second-order valence-corrected chi connectivity index (χ2v) is 32.7. The van der Waals surface area contributed by atoms with Crippen LogP contribution in [0.3, 0.4) is 0 Å². The van der Waals surface area contributed by atoms with Crippen LogP contribution < -0.4 is 0 Å². The predicted octanol–water partition coefficient (Wildman–Crippen LogP) is 30.6. The Bertz CT molecular complexity index is 9190. The number of benzene rings is 19. The average molecular weight is 1610 g/mol. The van der Waals surface area contributed by atoms with E-state index in [0.29, 0.717) is 11.9 Å². The summed E-state index contributed by atoms with van der Waals surface area (Å²) in [6.07, 6.45) is 0. The normalized spacial score (nSPS) is 12.0. The summed E-state index contributed by atoms with van der Waals surface area (Å²) >= 11 is 0. The van der Waals surface area contributed by atoms with Crippen molar-refractivity contribution in [2.45, 2.75) is 0 Å². The van der Waals surface area contributed by atoms with Gasteiger partial charge in [0, 0.05) is 98.3 Å². The van der Waals surface area contributed by atoms with Crippen molar-refractivity contribution in [1.29, 1.82) is 0 Å². The van der Waals surface area contributed by atoms with Crippen LogP contribution in [0.15, 0.2) is 433 Å². The van der Waals surface area contributed by atoms with Crippen molar-refractivity contribution in [3.63, 3.8) is 0 Å². The van der Waals surface area contributed by atoms with E-state index < -0.39 is 0 Å². The third-order valence-corrected chi connectivity index (χ3v) is 25.6. The molecule has 0 radical (unpaired) electrons. The third kappa shape index (κ3) is 11.1. The van der Waals surface area contributed by atoms with Gasteiger partial charge in [-0.25, -0.2) is 19.9 Å². The molecule has 8 heterocycles. The van der Waals surface area contributed by atoms with E-state index >= 15 is 0 Å². The molecule has 0 bridgehead atoms. The van der Waals surface area contributed by atoms with E-state index in [4.69, 9.17) is 28.8 Å². The van der Waals surface area contributed by atoms with Gasteiger partial charge in [-0.3, -0.25) is 9.13 Å². The van der Waals surface area contributed by atoms with Crippen molar-refractivity contribution >= 4 is 164 Å². The van der Waals surface area contributed by atoms with Gasteiger partial charge < -0.3 is 18.0 Å². The van der Waals surface area contributed by atoms with Crippen LogP contribution >= 0.6 is 0 Å². The molecule has 8 aromatic heterocycles. The molecule has 586 valence electrons. The number of aromatic nitrogens is 8. The molecule has 10 nitrogen and oxygen atoms in total. The van der Waals surface area contributed by atoms with E-state index in [2.05, 4.69) is 419 Å². The van der Waals surface area contributed by atoms with Crippen LogP contribution in [-0.4, -0.2) is 38.2 Å². The highest BCUT2D eigenvalue weighted by Crippen LogP contribution is 2.50. The summed E-state index contributed by atoms with van der Waals surface area (Å²) in [6.45, 7) is 0. The maximum absolute atomic E-state index is 6.87. The fourth-order valence-electron chi connectivity index (χ4n) is 20.0. The summed E-state index contributed by atoms with van der Waals surface area (Å²) in [4.78, 5) is 21.7. The summed E-state index contributed by atoms with van der Waals surface area (Å²) in [5.74, 6) is 1.21. The van der Waals surface area contributed by atoms with Gasteiger partial charge in [-0.05, 0) is 159 Å². The minimum absolute atomic E-state index is 0.602. The Hall–Kier alpha value is -17.1. The van der Waals surface area contributed by atoms with Crippen LogP contribution in [0.2, 0.25) is 0 Å². The fourth-order valence-corrected chi connectivity index (χ4v) is 20.0. The third-order valence-electron chi connectivity index (χ3n) is 25.6. The van der Waals surface area contributed by atoms with Crippen molar-refractivity contribution in [1.82, 2.24) is 38.2 Å². The Morgan fingerprint density at radius 2 is 0.540 bits per heavy atom. The van der Waals surface area contributed by atoms with E-state index in [9.17, 15) is 0 Å². The molecule has 0 fully saturated rings. The SMILES string of the molecule is c1ccc(-c2nc(-n3c4ccccc4c4c5oc6ccccc6c5cc(-c5cccc(-c6ccc7c8ccccc8n(-c8ccccc8)c7c6)c5)c43)nc3ccccc23)cc1.c1ccc(-n2c3ccccc3c3ccc(-c4cccc(-c5cc6c7ccccc7oc6c6c7ccccc7n(-c7nc(-c8ccc9ccccc9c8)c8ccccc8n7)c56)c4)cc32)cc1. The van der Waals surface area contributed by atoms with Gasteiger partial charge in [-0.1, -0.05) is 309 Å². The second-order valence-electron chi connectivity index (χ2n) is 32.7. The van der Waals surface area contributed by atoms with Crippen molar-refractivity contribution in [2.24, 2.45) is 0 Å². The molecular formula is C116H70N8O2. The summed E-state index contributed by atoms with van der Waals surface area (Å²) in [5.41, 5.74) is 28.9. The molecule has 27 rings (SSSR count). The highest BCUT2D eigenvalue weighted by atomic mass is 16.3. The van der Waals surface area contributed by atoms with E-state index in [1.54, 1.807) is 0 Å². The molecule has 0 saturated heterocycles. The molecule has 19 aromatic carbocycles. The van der Waals surface area contributed by atoms with Gasteiger partial charge in [0.25, 0.3) is 0 Å². The molecule has 126 heavy (non-hydrogen) atoms. The molecule has 0 aliphatic carbocycles. The maximum Gasteiger partial charge on any atom is 0.235 e. The number of rotatable bonds is 10. The topological polar surface area (TPSA) is 97.6 Å². The van der Waals surface area contributed by atoms with E-state index in [1.165, 1.54) is 54.4 Å². The lowest BCUT2D eigenvalue weighted by Gasteiger charge is -2.15. The molecule has 0 atom stereocenters. The zero-order valence-corrected chi connectivity index (χ0v) is 67.8. The lowest BCUT2D eigenvalue weighted by Crippen LogP contribution is -2.04. The van der Waals surface area contributed by atoms with Crippen molar-refractivity contribution in [3.05, 3.63) is 425 Å². The first-order valence-electron chi connectivity index (χ1n) is 42.7. The smallest absolute Gasteiger partial charge is 0.235 e. The molecular weight excluding hydrogens is 1540 g/mol. The summed E-state index contributed by atoms with van der Waals surface area (Å²) < 4.78 is 23.0. The van der Waals surface area contributed by atoms with Crippen LogP contribution in [0.5, 0.6) is 0 Å². The minimum atomic E-state index is 0.602. The Balaban J connectivity index is 0.000000134. The van der Waals surface area contributed by atoms with Crippen LogP contribution in [0, 0.1) is 0 Å². The molecule has 0 N–H and O–H groups in total. The molecule has 0 unspecified atom stereocenters. The predicted molar refractivity (Wildman–Crippen MR) is 521 cm³/mol. The lowest BCUT2D eigenvalue weighted by atomic mass is 9.95. The quantitative estimate of drug-likeness (QED) is 0.135. The van der Waals surface area contributed by atoms with E-state index in [0.717, 1.165) is 188 Å². The van der Waals surface area contributed by atoms with Gasteiger partial charge >= 0.3 is 0 Å². The van der Waals surface area contributed by atoms with Gasteiger partial charge in [0.1, 0.15) is 22.3 Å². The first kappa shape index (κ1) is 70.7.